The van der Waals surface area contributed by atoms with Gasteiger partial charge in [-0.15, -0.1) is 0 Å². The van der Waals surface area contributed by atoms with Gasteiger partial charge in [-0.3, -0.25) is 14.8 Å². The highest BCUT2D eigenvalue weighted by atomic mass is 16.5. The molecule has 3 heterocycles. The zero-order valence-corrected chi connectivity index (χ0v) is 15.0. The lowest BCUT2D eigenvalue weighted by Gasteiger charge is -2.30. The van der Waals surface area contributed by atoms with Crippen LogP contribution in [-0.4, -0.2) is 34.6 Å². The second-order valence-electron chi connectivity index (χ2n) is 6.69. The molecule has 0 spiro atoms. The average Bonchev–Trinajstić information content (AvgIpc) is 2.73. The number of carbonyl (C=O) groups is 1. The van der Waals surface area contributed by atoms with Gasteiger partial charge in [0.15, 0.2) is 0 Å². The predicted molar refractivity (Wildman–Crippen MR) is 103 cm³/mol. The summed E-state index contributed by atoms with van der Waals surface area (Å²) in [6.45, 7) is 1.19. The first-order chi connectivity index (χ1) is 13.3. The van der Waals surface area contributed by atoms with Crippen LogP contribution in [0.5, 0.6) is 5.75 Å². The minimum atomic E-state index is -0.253. The van der Waals surface area contributed by atoms with Crippen molar-refractivity contribution in [2.75, 3.05) is 6.54 Å². The van der Waals surface area contributed by atoms with Crippen LogP contribution in [0.4, 0.5) is 0 Å². The topological polar surface area (TPSA) is 76.1 Å². The molecule has 1 fully saturated rings. The van der Waals surface area contributed by atoms with E-state index in [9.17, 15) is 4.79 Å². The summed E-state index contributed by atoms with van der Waals surface area (Å²) < 4.78 is 6.15. The molecule has 6 heteroatoms. The highest BCUT2D eigenvalue weighted by Crippen LogP contribution is 2.23. The van der Waals surface area contributed by atoms with Gasteiger partial charge in [-0.2, -0.15) is 0 Å². The standard InChI is InChI=1S/C21H22N4O2/c26-21(25-14-17-3-1-2-8-23-17)20-12-19(7-10-24-20)27-18-5-4-16-13-22-9-6-15(16)11-18/h1-6,8-9,11,13,19-20,24H,7,10,12,14H2,(H,25,26)/t19-,20-/m0/s1. The predicted octanol–water partition coefficient (Wildman–Crippen LogP) is 2.45. The van der Waals surface area contributed by atoms with Gasteiger partial charge >= 0.3 is 0 Å². The molecule has 3 aromatic rings. The number of pyridine rings is 2. The third-order valence-electron chi connectivity index (χ3n) is 4.76. The Morgan fingerprint density at radius 3 is 3.04 bits per heavy atom. The fourth-order valence-electron chi connectivity index (χ4n) is 3.32. The van der Waals surface area contributed by atoms with Gasteiger partial charge in [-0.25, -0.2) is 0 Å². The van der Waals surface area contributed by atoms with Crippen LogP contribution < -0.4 is 15.4 Å². The molecule has 1 aromatic carbocycles. The average molecular weight is 362 g/mol. The summed E-state index contributed by atoms with van der Waals surface area (Å²) in [7, 11) is 0. The van der Waals surface area contributed by atoms with Crippen molar-refractivity contribution in [2.45, 2.75) is 31.5 Å². The van der Waals surface area contributed by atoms with Gasteiger partial charge in [-0.05, 0) is 54.8 Å². The van der Waals surface area contributed by atoms with Crippen molar-refractivity contribution in [3.05, 3.63) is 66.7 Å². The first-order valence-corrected chi connectivity index (χ1v) is 9.19. The van der Waals surface area contributed by atoms with E-state index in [1.807, 2.05) is 48.7 Å². The lowest BCUT2D eigenvalue weighted by Crippen LogP contribution is -2.50. The van der Waals surface area contributed by atoms with E-state index in [0.29, 0.717) is 13.0 Å². The normalized spacial score (nSPS) is 19.6. The number of piperidine rings is 1. The third-order valence-corrected chi connectivity index (χ3v) is 4.76. The highest BCUT2D eigenvalue weighted by molar-refractivity contribution is 5.83. The molecule has 4 rings (SSSR count). The Morgan fingerprint density at radius 1 is 1.19 bits per heavy atom. The first-order valence-electron chi connectivity index (χ1n) is 9.19. The zero-order chi connectivity index (χ0) is 18.5. The number of carbonyl (C=O) groups excluding carboxylic acids is 1. The second-order valence-corrected chi connectivity index (χ2v) is 6.69. The SMILES string of the molecule is O=C(NCc1ccccn1)[C@@H]1C[C@@H](Oc2ccc3cnccc3c2)CCN1. The van der Waals surface area contributed by atoms with E-state index in [4.69, 9.17) is 4.74 Å². The van der Waals surface area contributed by atoms with Crippen LogP contribution in [0.1, 0.15) is 18.5 Å². The third kappa shape index (κ3) is 4.41. The summed E-state index contributed by atoms with van der Waals surface area (Å²) in [4.78, 5) is 20.8. The minimum absolute atomic E-state index is 0.0103. The van der Waals surface area contributed by atoms with Crippen molar-refractivity contribution in [3.8, 4) is 5.75 Å². The van der Waals surface area contributed by atoms with Crippen LogP contribution in [0, 0.1) is 0 Å². The van der Waals surface area contributed by atoms with Crippen LogP contribution in [0.25, 0.3) is 10.8 Å². The van der Waals surface area contributed by atoms with E-state index < -0.39 is 0 Å². The molecule has 1 saturated heterocycles. The number of aromatic nitrogens is 2. The number of nitrogens with one attached hydrogen (secondary N) is 2. The lowest BCUT2D eigenvalue weighted by molar-refractivity contribution is -0.124. The number of benzene rings is 1. The minimum Gasteiger partial charge on any atom is -0.490 e. The van der Waals surface area contributed by atoms with Crippen molar-refractivity contribution in [3.63, 3.8) is 0 Å². The maximum absolute atomic E-state index is 12.5. The quantitative estimate of drug-likeness (QED) is 0.729. The van der Waals surface area contributed by atoms with Crippen LogP contribution in [0.15, 0.2) is 61.1 Å². The van der Waals surface area contributed by atoms with Gasteiger partial charge in [-0.1, -0.05) is 6.07 Å². The Balaban J connectivity index is 1.35. The highest BCUT2D eigenvalue weighted by Gasteiger charge is 2.28. The summed E-state index contributed by atoms with van der Waals surface area (Å²) in [5.41, 5.74) is 0.847. The molecule has 0 bridgehead atoms. The monoisotopic (exact) mass is 362 g/mol. The Hall–Kier alpha value is -2.99. The molecule has 2 atom stereocenters. The molecule has 2 N–H and O–H groups in total. The number of nitrogens with zero attached hydrogens (tertiary/aromatic N) is 2. The van der Waals surface area contributed by atoms with Gasteiger partial charge in [0.25, 0.3) is 0 Å². The summed E-state index contributed by atoms with van der Waals surface area (Å²) in [6, 6.07) is 13.4. The molecular formula is C21H22N4O2. The van der Waals surface area contributed by atoms with Crippen molar-refractivity contribution in [1.82, 2.24) is 20.6 Å². The molecule has 0 radical (unpaired) electrons. The largest absolute Gasteiger partial charge is 0.490 e. The summed E-state index contributed by atoms with van der Waals surface area (Å²) >= 11 is 0. The number of hydrogen-bond acceptors (Lipinski definition) is 5. The van der Waals surface area contributed by atoms with Crippen molar-refractivity contribution < 1.29 is 9.53 Å². The first kappa shape index (κ1) is 17.4. The Bertz CT molecular complexity index is 916. The molecule has 1 aliphatic rings. The fourth-order valence-corrected chi connectivity index (χ4v) is 3.32. The van der Waals surface area contributed by atoms with Crippen molar-refractivity contribution in [2.24, 2.45) is 0 Å². The molecule has 138 valence electrons. The molecule has 27 heavy (non-hydrogen) atoms. The second kappa shape index (κ2) is 8.14. The number of rotatable bonds is 5. The smallest absolute Gasteiger partial charge is 0.237 e. The van der Waals surface area contributed by atoms with Crippen LogP contribution in [0.2, 0.25) is 0 Å². The fraction of sp³-hybridized carbons (Fsp3) is 0.286. The van der Waals surface area contributed by atoms with E-state index in [1.165, 1.54) is 0 Å². The Labute approximate surface area is 158 Å². The van der Waals surface area contributed by atoms with Gasteiger partial charge in [0.2, 0.25) is 5.91 Å². The molecule has 0 saturated carbocycles. The van der Waals surface area contributed by atoms with Gasteiger partial charge in [0.05, 0.1) is 18.3 Å². The molecule has 2 aromatic heterocycles. The van der Waals surface area contributed by atoms with E-state index >= 15 is 0 Å². The van der Waals surface area contributed by atoms with Crippen molar-refractivity contribution in [1.29, 1.82) is 0 Å². The summed E-state index contributed by atoms with van der Waals surface area (Å²) in [5, 5.41) is 8.41. The maximum atomic E-state index is 12.5. The number of amides is 1. The van der Waals surface area contributed by atoms with Gasteiger partial charge < -0.3 is 15.4 Å². The van der Waals surface area contributed by atoms with Gasteiger partial charge in [0, 0.05) is 30.4 Å². The van der Waals surface area contributed by atoms with Crippen LogP contribution in [-0.2, 0) is 11.3 Å². The van der Waals surface area contributed by atoms with E-state index in [0.717, 1.165) is 35.2 Å². The number of ether oxygens (including phenoxy) is 1. The van der Waals surface area contributed by atoms with E-state index in [1.54, 1.807) is 12.4 Å². The summed E-state index contributed by atoms with van der Waals surface area (Å²) in [5.74, 6) is 0.812. The Morgan fingerprint density at radius 2 is 2.15 bits per heavy atom. The zero-order valence-electron chi connectivity index (χ0n) is 15.0. The molecule has 1 amide bonds. The molecular weight excluding hydrogens is 340 g/mol. The molecule has 0 aliphatic carbocycles. The Kier molecular flexibility index (Phi) is 5.25. The molecule has 1 aliphatic heterocycles. The van der Waals surface area contributed by atoms with E-state index in [2.05, 4.69) is 20.6 Å². The number of hydrogen-bond donors (Lipinski definition) is 2. The van der Waals surface area contributed by atoms with Gasteiger partial charge in [0.1, 0.15) is 11.9 Å². The molecule has 0 unspecified atom stereocenters. The number of fused-ring (bicyclic) bond motifs is 1. The summed E-state index contributed by atoms with van der Waals surface area (Å²) in [6.07, 6.45) is 6.87. The van der Waals surface area contributed by atoms with E-state index in [-0.39, 0.29) is 18.1 Å². The van der Waals surface area contributed by atoms with Crippen molar-refractivity contribution >= 4 is 16.7 Å². The lowest BCUT2D eigenvalue weighted by atomic mass is 10.0. The maximum Gasteiger partial charge on any atom is 0.237 e. The van der Waals surface area contributed by atoms with Crippen LogP contribution >= 0.6 is 0 Å². The van der Waals surface area contributed by atoms with Crippen LogP contribution in [0.3, 0.4) is 0 Å². The molecule has 6 nitrogen and oxygen atoms in total.